The first-order valence-corrected chi connectivity index (χ1v) is 7.04. The van der Waals surface area contributed by atoms with Crippen LogP contribution < -0.4 is 15.9 Å². The minimum Gasteiger partial charge on any atom is -0.497 e. The zero-order valence-electron chi connectivity index (χ0n) is 12.2. The van der Waals surface area contributed by atoms with Gasteiger partial charge in [-0.25, -0.2) is 0 Å². The van der Waals surface area contributed by atoms with Gasteiger partial charge >= 0.3 is 0 Å². The molecule has 0 spiro atoms. The fraction of sp³-hybridized carbons (Fsp3) is 0.176. The Bertz CT molecular complexity index is 908. The van der Waals surface area contributed by atoms with Gasteiger partial charge in [0.15, 0.2) is 0 Å². The standard InChI is InChI=1S/C17H16N2O3/c1-22-13-7-4-11(5-8-13)2-3-12-6-9-14-15(10-12)17(21)19-18-16(14)20/h4-10H,2-3H2,1H3,(H,18,20)(H,19,21). The second-order valence-electron chi connectivity index (χ2n) is 5.14. The number of aryl methyl sites for hydroxylation is 2. The van der Waals surface area contributed by atoms with Crippen molar-refractivity contribution in [2.24, 2.45) is 0 Å². The van der Waals surface area contributed by atoms with Crippen molar-refractivity contribution < 1.29 is 4.74 Å². The SMILES string of the molecule is COc1ccc(CCc2ccc3c(=O)[nH][nH]c(=O)c3c2)cc1. The zero-order chi connectivity index (χ0) is 15.5. The molecule has 112 valence electrons. The molecule has 0 unspecified atom stereocenters. The number of rotatable bonds is 4. The lowest BCUT2D eigenvalue weighted by molar-refractivity contribution is 0.414. The fourth-order valence-corrected chi connectivity index (χ4v) is 2.46. The second-order valence-corrected chi connectivity index (χ2v) is 5.14. The van der Waals surface area contributed by atoms with E-state index < -0.39 is 0 Å². The normalized spacial score (nSPS) is 10.8. The van der Waals surface area contributed by atoms with Gasteiger partial charge < -0.3 is 4.74 Å². The third-order valence-electron chi connectivity index (χ3n) is 3.72. The third kappa shape index (κ3) is 2.79. The summed E-state index contributed by atoms with van der Waals surface area (Å²) in [5.74, 6) is 0.834. The van der Waals surface area contributed by atoms with Gasteiger partial charge in [-0.2, -0.15) is 0 Å². The van der Waals surface area contributed by atoms with Crippen LogP contribution in [-0.2, 0) is 12.8 Å². The number of hydrogen-bond donors (Lipinski definition) is 2. The first-order chi connectivity index (χ1) is 10.7. The molecule has 0 aliphatic carbocycles. The molecule has 3 rings (SSSR count). The van der Waals surface area contributed by atoms with Crippen molar-refractivity contribution in [3.63, 3.8) is 0 Å². The molecule has 5 nitrogen and oxygen atoms in total. The van der Waals surface area contributed by atoms with Crippen LogP contribution in [0.25, 0.3) is 10.8 Å². The quantitative estimate of drug-likeness (QED) is 0.773. The van der Waals surface area contributed by atoms with E-state index in [1.165, 1.54) is 5.56 Å². The summed E-state index contributed by atoms with van der Waals surface area (Å²) in [6.07, 6.45) is 1.66. The van der Waals surface area contributed by atoms with E-state index in [1.54, 1.807) is 19.2 Å². The molecule has 2 aromatic carbocycles. The lowest BCUT2D eigenvalue weighted by atomic mass is 10.0. The van der Waals surface area contributed by atoms with E-state index >= 15 is 0 Å². The van der Waals surface area contributed by atoms with Gasteiger partial charge in [-0.05, 0) is 48.2 Å². The number of ether oxygens (including phenoxy) is 1. The Morgan fingerprint density at radius 1 is 0.818 bits per heavy atom. The number of hydrogen-bond acceptors (Lipinski definition) is 3. The number of aromatic nitrogens is 2. The summed E-state index contributed by atoms with van der Waals surface area (Å²) in [5, 5.41) is 5.52. The first-order valence-electron chi connectivity index (χ1n) is 7.04. The lowest BCUT2D eigenvalue weighted by Gasteiger charge is -2.05. The zero-order valence-corrected chi connectivity index (χ0v) is 12.2. The molecule has 1 heterocycles. The lowest BCUT2D eigenvalue weighted by Crippen LogP contribution is -2.18. The fourth-order valence-electron chi connectivity index (χ4n) is 2.46. The maximum Gasteiger partial charge on any atom is 0.270 e. The summed E-state index contributed by atoms with van der Waals surface area (Å²) in [5.41, 5.74) is 1.66. The minimum atomic E-state index is -0.281. The van der Waals surface area contributed by atoms with Crippen LogP contribution in [0.4, 0.5) is 0 Å². The first kappa shape index (κ1) is 14.1. The van der Waals surface area contributed by atoms with E-state index in [2.05, 4.69) is 10.2 Å². The molecule has 0 saturated carbocycles. The van der Waals surface area contributed by atoms with E-state index in [1.807, 2.05) is 30.3 Å². The van der Waals surface area contributed by atoms with Crippen molar-refractivity contribution in [2.75, 3.05) is 7.11 Å². The highest BCUT2D eigenvalue weighted by atomic mass is 16.5. The average Bonchev–Trinajstić information content (AvgIpc) is 2.57. The van der Waals surface area contributed by atoms with Crippen LogP contribution in [-0.4, -0.2) is 17.3 Å². The molecule has 3 aromatic rings. The van der Waals surface area contributed by atoms with Gasteiger partial charge in [0.25, 0.3) is 11.1 Å². The van der Waals surface area contributed by atoms with Crippen LogP contribution in [0.3, 0.4) is 0 Å². The van der Waals surface area contributed by atoms with Crippen LogP contribution in [0.1, 0.15) is 11.1 Å². The monoisotopic (exact) mass is 296 g/mol. The van der Waals surface area contributed by atoms with E-state index in [0.717, 1.165) is 24.2 Å². The van der Waals surface area contributed by atoms with Gasteiger partial charge in [0.1, 0.15) is 5.75 Å². The van der Waals surface area contributed by atoms with E-state index in [9.17, 15) is 9.59 Å². The molecule has 22 heavy (non-hydrogen) atoms. The van der Waals surface area contributed by atoms with Crippen LogP contribution in [0.2, 0.25) is 0 Å². The molecule has 0 amide bonds. The summed E-state index contributed by atoms with van der Waals surface area (Å²) in [7, 11) is 1.64. The number of benzene rings is 2. The molecule has 0 radical (unpaired) electrons. The van der Waals surface area contributed by atoms with Crippen LogP contribution in [0, 0.1) is 0 Å². The highest BCUT2D eigenvalue weighted by molar-refractivity contribution is 5.81. The molecule has 0 atom stereocenters. The molecule has 0 saturated heterocycles. The maximum absolute atomic E-state index is 11.8. The molecule has 1 aromatic heterocycles. The highest BCUT2D eigenvalue weighted by Gasteiger charge is 2.04. The molecule has 2 N–H and O–H groups in total. The van der Waals surface area contributed by atoms with Gasteiger partial charge in [-0.15, -0.1) is 0 Å². The van der Waals surface area contributed by atoms with Crippen LogP contribution >= 0.6 is 0 Å². The van der Waals surface area contributed by atoms with Crippen molar-refractivity contribution >= 4 is 10.8 Å². The molecule has 0 aliphatic heterocycles. The average molecular weight is 296 g/mol. The maximum atomic E-state index is 11.8. The number of methoxy groups -OCH3 is 1. The highest BCUT2D eigenvalue weighted by Crippen LogP contribution is 2.15. The van der Waals surface area contributed by atoms with Crippen molar-refractivity contribution in [1.29, 1.82) is 0 Å². The molecular formula is C17H16N2O3. The number of fused-ring (bicyclic) bond motifs is 1. The smallest absolute Gasteiger partial charge is 0.270 e. The summed E-state index contributed by atoms with van der Waals surface area (Å²) < 4.78 is 5.13. The third-order valence-corrected chi connectivity index (χ3v) is 3.72. The van der Waals surface area contributed by atoms with Crippen LogP contribution in [0.5, 0.6) is 5.75 Å². The minimum absolute atomic E-state index is 0.277. The van der Waals surface area contributed by atoms with Gasteiger partial charge in [0, 0.05) is 0 Å². The molecule has 0 fully saturated rings. The predicted octanol–water partition coefficient (Wildman–Crippen LogP) is 2.01. The molecular weight excluding hydrogens is 280 g/mol. The van der Waals surface area contributed by atoms with Crippen LogP contribution in [0.15, 0.2) is 52.1 Å². The van der Waals surface area contributed by atoms with Crippen molar-refractivity contribution in [2.45, 2.75) is 12.8 Å². The topological polar surface area (TPSA) is 75.0 Å². The summed E-state index contributed by atoms with van der Waals surface area (Å²) >= 11 is 0. The number of aromatic amines is 2. The Hall–Kier alpha value is -2.82. The Balaban J connectivity index is 1.83. The predicted molar refractivity (Wildman–Crippen MR) is 85.6 cm³/mol. The summed E-state index contributed by atoms with van der Waals surface area (Å²) in [6.45, 7) is 0. The molecule has 0 bridgehead atoms. The molecule has 0 aliphatic rings. The Labute approximate surface area is 126 Å². The van der Waals surface area contributed by atoms with E-state index in [4.69, 9.17) is 4.74 Å². The van der Waals surface area contributed by atoms with Crippen molar-refractivity contribution in [3.8, 4) is 5.75 Å². The number of nitrogens with one attached hydrogen (secondary N) is 2. The Kier molecular flexibility index (Phi) is 3.78. The summed E-state index contributed by atoms with van der Waals surface area (Å²) in [6, 6.07) is 13.3. The van der Waals surface area contributed by atoms with Gasteiger partial charge in [-0.3, -0.25) is 19.8 Å². The second kappa shape index (κ2) is 5.89. The molecule has 5 heteroatoms. The Morgan fingerprint density at radius 3 is 2.09 bits per heavy atom. The Morgan fingerprint density at radius 2 is 1.41 bits per heavy atom. The van der Waals surface area contributed by atoms with Gasteiger partial charge in [-0.1, -0.05) is 18.2 Å². The van der Waals surface area contributed by atoms with Crippen molar-refractivity contribution in [1.82, 2.24) is 10.2 Å². The van der Waals surface area contributed by atoms with Crippen molar-refractivity contribution in [3.05, 3.63) is 74.3 Å². The van der Waals surface area contributed by atoms with Gasteiger partial charge in [0.05, 0.1) is 17.9 Å². The number of H-pyrrole nitrogens is 2. The van der Waals surface area contributed by atoms with Gasteiger partial charge in [0.2, 0.25) is 0 Å². The van der Waals surface area contributed by atoms with E-state index in [-0.39, 0.29) is 11.1 Å². The largest absolute Gasteiger partial charge is 0.497 e. The summed E-state index contributed by atoms with van der Waals surface area (Å²) in [4.78, 5) is 23.4. The van der Waals surface area contributed by atoms with E-state index in [0.29, 0.717) is 10.8 Å².